The second kappa shape index (κ2) is 7.64. The predicted octanol–water partition coefficient (Wildman–Crippen LogP) is 2.72. The molecule has 1 aromatic rings. The molecule has 0 atom stereocenters. The van der Waals surface area contributed by atoms with Gasteiger partial charge in [0.1, 0.15) is 12.4 Å². The molecule has 0 fully saturated rings. The van der Waals surface area contributed by atoms with Crippen molar-refractivity contribution in [2.24, 2.45) is 0 Å². The van der Waals surface area contributed by atoms with Gasteiger partial charge in [0.2, 0.25) is 0 Å². The maximum absolute atomic E-state index is 11.9. The van der Waals surface area contributed by atoms with Gasteiger partial charge in [0, 0.05) is 4.47 Å². The molecule has 1 heterocycles. The SMILES string of the molecule is CCOC(=O)C1=C(COc2ccc(Br)cc2Br)NC(=O)NC1. The molecule has 1 aliphatic rings. The van der Waals surface area contributed by atoms with Gasteiger partial charge in [-0.05, 0) is 41.1 Å². The molecule has 2 amide bonds. The minimum absolute atomic E-state index is 0.0573. The average Bonchev–Trinajstić information content (AvgIpc) is 2.46. The lowest BCUT2D eigenvalue weighted by Crippen LogP contribution is -2.45. The summed E-state index contributed by atoms with van der Waals surface area (Å²) in [4.78, 5) is 23.3. The number of nitrogens with one attached hydrogen (secondary N) is 2. The minimum atomic E-state index is -0.469. The molecule has 0 saturated heterocycles. The number of urea groups is 1. The Morgan fingerprint density at radius 2 is 2.14 bits per heavy atom. The van der Waals surface area contributed by atoms with Crippen LogP contribution in [0, 0.1) is 0 Å². The standard InChI is InChI=1S/C14H14Br2N2O4/c1-2-21-13(19)9-6-17-14(20)18-11(9)7-22-12-4-3-8(15)5-10(12)16/h3-5H,2,6-7H2,1H3,(H2,17,18,20). The molecule has 0 spiro atoms. The van der Waals surface area contributed by atoms with E-state index in [2.05, 4.69) is 42.5 Å². The Bertz CT molecular complexity index is 631. The fraction of sp³-hybridized carbons (Fsp3) is 0.286. The van der Waals surface area contributed by atoms with E-state index in [0.717, 1.165) is 8.95 Å². The van der Waals surface area contributed by atoms with Gasteiger partial charge in [-0.2, -0.15) is 0 Å². The summed E-state index contributed by atoms with van der Waals surface area (Å²) in [6.07, 6.45) is 0. The Balaban J connectivity index is 2.15. The first-order valence-electron chi connectivity index (χ1n) is 6.53. The average molecular weight is 434 g/mol. The number of amides is 2. The summed E-state index contributed by atoms with van der Waals surface area (Å²) in [7, 11) is 0. The number of carbonyl (C=O) groups excluding carboxylic acids is 2. The third-order valence-electron chi connectivity index (χ3n) is 2.84. The van der Waals surface area contributed by atoms with Crippen molar-refractivity contribution in [1.82, 2.24) is 10.6 Å². The van der Waals surface area contributed by atoms with Crippen LogP contribution in [-0.4, -0.2) is 31.8 Å². The molecule has 0 unspecified atom stereocenters. The lowest BCUT2D eigenvalue weighted by molar-refractivity contribution is -0.138. The number of ether oxygens (including phenoxy) is 2. The maximum atomic E-state index is 11.9. The Labute approximate surface area is 144 Å². The summed E-state index contributed by atoms with van der Waals surface area (Å²) in [5.41, 5.74) is 0.756. The monoisotopic (exact) mass is 432 g/mol. The Kier molecular flexibility index (Phi) is 5.84. The molecular weight excluding hydrogens is 420 g/mol. The maximum Gasteiger partial charge on any atom is 0.337 e. The van der Waals surface area contributed by atoms with Gasteiger partial charge in [-0.15, -0.1) is 0 Å². The van der Waals surface area contributed by atoms with Crippen molar-refractivity contribution in [3.05, 3.63) is 38.4 Å². The third kappa shape index (κ3) is 4.23. The van der Waals surface area contributed by atoms with Crippen LogP contribution in [0.3, 0.4) is 0 Å². The van der Waals surface area contributed by atoms with Crippen LogP contribution in [0.4, 0.5) is 4.79 Å². The van der Waals surface area contributed by atoms with E-state index < -0.39 is 5.97 Å². The lowest BCUT2D eigenvalue weighted by atomic mass is 10.1. The molecular formula is C14H14Br2N2O4. The Morgan fingerprint density at radius 1 is 1.36 bits per heavy atom. The highest BCUT2D eigenvalue weighted by Gasteiger charge is 2.24. The van der Waals surface area contributed by atoms with E-state index in [1.54, 1.807) is 13.0 Å². The van der Waals surface area contributed by atoms with E-state index in [0.29, 0.717) is 17.0 Å². The quantitative estimate of drug-likeness (QED) is 0.700. The molecule has 8 heteroatoms. The summed E-state index contributed by atoms with van der Waals surface area (Å²) in [6, 6.07) is 5.09. The van der Waals surface area contributed by atoms with Crippen LogP contribution in [0.25, 0.3) is 0 Å². The smallest absolute Gasteiger partial charge is 0.337 e. The second-order valence-corrected chi connectivity index (χ2v) is 6.12. The molecule has 22 heavy (non-hydrogen) atoms. The Hall–Kier alpha value is -1.54. The third-order valence-corrected chi connectivity index (χ3v) is 3.96. The highest BCUT2D eigenvalue weighted by Crippen LogP contribution is 2.28. The molecule has 0 aromatic heterocycles. The van der Waals surface area contributed by atoms with Crippen molar-refractivity contribution in [2.75, 3.05) is 19.8 Å². The van der Waals surface area contributed by atoms with Gasteiger partial charge in [-0.3, -0.25) is 0 Å². The fourth-order valence-electron chi connectivity index (χ4n) is 1.81. The van der Waals surface area contributed by atoms with Crippen molar-refractivity contribution in [1.29, 1.82) is 0 Å². The van der Waals surface area contributed by atoms with E-state index >= 15 is 0 Å². The second-order valence-electron chi connectivity index (χ2n) is 4.35. The fourth-order valence-corrected chi connectivity index (χ4v) is 2.97. The molecule has 118 valence electrons. The van der Waals surface area contributed by atoms with Crippen LogP contribution in [0.15, 0.2) is 38.4 Å². The molecule has 0 radical (unpaired) electrons. The predicted molar refractivity (Wildman–Crippen MR) is 87.5 cm³/mol. The van der Waals surface area contributed by atoms with Crippen molar-refractivity contribution < 1.29 is 19.1 Å². The summed E-state index contributed by atoms with van der Waals surface area (Å²) in [6.45, 7) is 2.16. The number of halogens is 2. The highest BCUT2D eigenvalue weighted by atomic mass is 79.9. The number of carbonyl (C=O) groups is 2. The van der Waals surface area contributed by atoms with Crippen LogP contribution in [0.1, 0.15) is 6.92 Å². The largest absolute Gasteiger partial charge is 0.486 e. The lowest BCUT2D eigenvalue weighted by Gasteiger charge is -2.21. The Morgan fingerprint density at radius 3 is 2.82 bits per heavy atom. The first kappa shape index (κ1) is 16.8. The van der Waals surface area contributed by atoms with E-state index in [4.69, 9.17) is 9.47 Å². The van der Waals surface area contributed by atoms with Crippen LogP contribution in [0.2, 0.25) is 0 Å². The van der Waals surface area contributed by atoms with Gasteiger partial charge in [-0.1, -0.05) is 15.9 Å². The van der Waals surface area contributed by atoms with E-state index in [-0.39, 0.29) is 25.8 Å². The van der Waals surface area contributed by atoms with Gasteiger partial charge in [-0.25, -0.2) is 9.59 Å². The van der Waals surface area contributed by atoms with Crippen LogP contribution < -0.4 is 15.4 Å². The van der Waals surface area contributed by atoms with Crippen molar-refractivity contribution in [2.45, 2.75) is 6.92 Å². The zero-order valence-electron chi connectivity index (χ0n) is 11.7. The molecule has 2 rings (SSSR count). The summed E-state index contributed by atoms with van der Waals surface area (Å²) < 4.78 is 12.3. The van der Waals surface area contributed by atoms with Crippen LogP contribution in [0.5, 0.6) is 5.75 Å². The summed E-state index contributed by atoms with van der Waals surface area (Å²) >= 11 is 6.75. The summed E-state index contributed by atoms with van der Waals surface area (Å²) in [5, 5.41) is 5.12. The van der Waals surface area contributed by atoms with Crippen molar-refractivity contribution in [3.63, 3.8) is 0 Å². The first-order chi connectivity index (χ1) is 10.5. The molecule has 0 bridgehead atoms. The topological polar surface area (TPSA) is 76.7 Å². The van der Waals surface area contributed by atoms with Crippen molar-refractivity contribution in [3.8, 4) is 5.75 Å². The van der Waals surface area contributed by atoms with E-state index in [1.165, 1.54) is 0 Å². The van der Waals surface area contributed by atoms with Crippen LogP contribution in [-0.2, 0) is 9.53 Å². The van der Waals surface area contributed by atoms with Gasteiger partial charge in [0.25, 0.3) is 0 Å². The normalized spacial score (nSPS) is 14.2. The first-order valence-corrected chi connectivity index (χ1v) is 8.11. The van der Waals surface area contributed by atoms with E-state index in [9.17, 15) is 9.59 Å². The number of hydrogen-bond donors (Lipinski definition) is 2. The molecule has 0 saturated carbocycles. The van der Waals surface area contributed by atoms with Gasteiger partial charge >= 0.3 is 12.0 Å². The van der Waals surface area contributed by atoms with Crippen molar-refractivity contribution >= 4 is 43.9 Å². The summed E-state index contributed by atoms with van der Waals surface area (Å²) in [5.74, 6) is 0.134. The zero-order chi connectivity index (χ0) is 16.1. The van der Waals surface area contributed by atoms with Gasteiger partial charge in [0.05, 0.1) is 28.9 Å². The highest BCUT2D eigenvalue weighted by molar-refractivity contribution is 9.11. The minimum Gasteiger partial charge on any atom is -0.486 e. The number of hydrogen-bond acceptors (Lipinski definition) is 4. The van der Waals surface area contributed by atoms with Gasteiger partial charge in [0.15, 0.2) is 0 Å². The zero-order valence-corrected chi connectivity index (χ0v) is 14.9. The van der Waals surface area contributed by atoms with Crippen LogP contribution >= 0.6 is 31.9 Å². The number of rotatable bonds is 5. The van der Waals surface area contributed by atoms with Gasteiger partial charge < -0.3 is 20.1 Å². The number of benzene rings is 1. The van der Waals surface area contributed by atoms with E-state index in [1.807, 2.05) is 12.1 Å². The molecule has 0 aliphatic carbocycles. The number of esters is 1. The molecule has 6 nitrogen and oxygen atoms in total. The molecule has 1 aliphatic heterocycles. The molecule has 1 aromatic carbocycles. The molecule has 2 N–H and O–H groups in total.